The normalized spacial score (nSPS) is 18.9. The van der Waals surface area contributed by atoms with Gasteiger partial charge in [0.05, 0.1) is 11.5 Å². The number of amides is 1. The van der Waals surface area contributed by atoms with Crippen molar-refractivity contribution in [1.29, 1.82) is 0 Å². The Balaban J connectivity index is 1.94. The van der Waals surface area contributed by atoms with Gasteiger partial charge < -0.3 is 4.90 Å². The maximum Gasteiger partial charge on any atom is 0.254 e. The monoisotopic (exact) mass is 381 g/mol. The molecule has 25 heavy (non-hydrogen) atoms. The summed E-state index contributed by atoms with van der Waals surface area (Å²) < 4.78 is 37.7. The van der Waals surface area contributed by atoms with Gasteiger partial charge in [0, 0.05) is 28.7 Å². The van der Waals surface area contributed by atoms with E-state index in [1.807, 2.05) is 0 Å². The summed E-state index contributed by atoms with van der Waals surface area (Å²) in [6.07, 6.45) is 0.350. The van der Waals surface area contributed by atoms with Crippen molar-refractivity contribution in [2.75, 3.05) is 11.5 Å². The molecular weight excluding hydrogens is 365 g/mol. The summed E-state index contributed by atoms with van der Waals surface area (Å²) in [5.41, 5.74) is 0.704. The average Bonchev–Trinajstić information content (AvgIpc) is 2.93. The third kappa shape index (κ3) is 4.19. The smallest absolute Gasteiger partial charge is 0.254 e. The second kappa shape index (κ2) is 7.14. The van der Waals surface area contributed by atoms with Gasteiger partial charge >= 0.3 is 0 Å². The topological polar surface area (TPSA) is 54.5 Å². The minimum absolute atomic E-state index is 0.0121. The summed E-state index contributed by atoms with van der Waals surface area (Å²) in [5.74, 6) is -0.845. The largest absolute Gasteiger partial charge is 0.330 e. The van der Waals surface area contributed by atoms with Crippen molar-refractivity contribution in [3.63, 3.8) is 0 Å². The lowest BCUT2D eigenvalue weighted by Gasteiger charge is -2.28. The molecule has 1 amide bonds. The number of hydrogen-bond donors (Lipinski definition) is 0. The number of halogens is 2. The lowest BCUT2D eigenvalue weighted by Crippen LogP contribution is -2.40. The first-order chi connectivity index (χ1) is 11.9. The van der Waals surface area contributed by atoms with Gasteiger partial charge in [-0.05, 0) is 30.7 Å². The Morgan fingerprint density at radius 1 is 1.20 bits per heavy atom. The molecule has 1 aliphatic rings. The van der Waals surface area contributed by atoms with Crippen LogP contribution in [0.1, 0.15) is 22.3 Å². The fraction of sp³-hybridized carbons (Fsp3) is 0.278. The van der Waals surface area contributed by atoms with Crippen LogP contribution >= 0.6 is 11.6 Å². The van der Waals surface area contributed by atoms with Gasteiger partial charge in [-0.25, -0.2) is 12.8 Å². The van der Waals surface area contributed by atoms with E-state index in [1.165, 1.54) is 17.0 Å². The van der Waals surface area contributed by atoms with Crippen LogP contribution in [0.5, 0.6) is 0 Å². The van der Waals surface area contributed by atoms with Crippen molar-refractivity contribution in [3.8, 4) is 0 Å². The zero-order chi connectivity index (χ0) is 18.0. The standard InChI is InChI=1S/C18H17ClFNO3S/c19-15-6-3-5-13(10-15)18(22)21(16-8-9-25(23,24)12-16)11-14-4-1-2-7-17(14)20/h1-7,10,16H,8-9,11-12H2/t16-/m1/s1. The van der Waals surface area contributed by atoms with Gasteiger partial charge in [0.1, 0.15) is 5.82 Å². The number of nitrogens with zero attached hydrogens (tertiary/aromatic N) is 1. The number of carbonyl (C=O) groups is 1. The molecule has 0 aliphatic carbocycles. The van der Waals surface area contributed by atoms with Crippen molar-refractivity contribution in [3.05, 3.63) is 70.5 Å². The predicted molar refractivity (Wildman–Crippen MR) is 94.8 cm³/mol. The van der Waals surface area contributed by atoms with E-state index in [0.29, 0.717) is 22.6 Å². The Morgan fingerprint density at radius 2 is 1.96 bits per heavy atom. The van der Waals surface area contributed by atoms with Gasteiger partial charge in [-0.3, -0.25) is 4.79 Å². The molecule has 0 N–H and O–H groups in total. The van der Waals surface area contributed by atoms with E-state index < -0.39 is 21.7 Å². The maximum atomic E-state index is 14.0. The highest BCUT2D eigenvalue weighted by Crippen LogP contribution is 2.24. The summed E-state index contributed by atoms with van der Waals surface area (Å²) in [6, 6.07) is 12.2. The Hall–Kier alpha value is -1.92. The maximum absolute atomic E-state index is 14.0. The molecule has 1 saturated heterocycles. The molecule has 0 unspecified atom stereocenters. The Morgan fingerprint density at radius 3 is 2.60 bits per heavy atom. The highest BCUT2D eigenvalue weighted by molar-refractivity contribution is 7.91. The molecule has 132 valence electrons. The van der Waals surface area contributed by atoms with Crippen LogP contribution in [-0.4, -0.2) is 36.8 Å². The van der Waals surface area contributed by atoms with E-state index in [-0.39, 0.29) is 24.0 Å². The third-order valence-corrected chi connectivity index (χ3v) is 6.27. The van der Waals surface area contributed by atoms with E-state index in [2.05, 4.69) is 0 Å². The minimum Gasteiger partial charge on any atom is -0.330 e. The molecule has 0 bridgehead atoms. The molecule has 0 saturated carbocycles. The average molecular weight is 382 g/mol. The van der Waals surface area contributed by atoms with Crippen LogP contribution in [-0.2, 0) is 16.4 Å². The van der Waals surface area contributed by atoms with E-state index in [1.54, 1.807) is 36.4 Å². The Labute approximate surface area is 151 Å². The van der Waals surface area contributed by atoms with Gasteiger partial charge in [-0.15, -0.1) is 0 Å². The number of sulfone groups is 1. The lowest BCUT2D eigenvalue weighted by atomic mass is 10.1. The van der Waals surface area contributed by atoms with Crippen molar-refractivity contribution in [2.45, 2.75) is 19.0 Å². The first-order valence-electron chi connectivity index (χ1n) is 7.86. The van der Waals surface area contributed by atoms with Crippen LogP contribution in [0.15, 0.2) is 48.5 Å². The molecule has 1 atom stereocenters. The van der Waals surface area contributed by atoms with Crippen LogP contribution in [0.4, 0.5) is 4.39 Å². The number of rotatable bonds is 4. The second-order valence-corrected chi connectivity index (χ2v) is 8.76. The van der Waals surface area contributed by atoms with Gasteiger partial charge in [0.15, 0.2) is 9.84 Å². The molecule has 3 rings (SSSR count). The van der Waals surface area contributed by atoms with Crippen molar-refractivity contribution in [2.24, 2.45) is 0 Å². The van der Waals surface area contributed by atoms with Gasteiger partial charge in [0.2, 0.25) is 0 Å². The molecular formula is C18H17ClFNO3S. The lowest BCUT2D eigenvalue weighted by molar-refractivity contribution is 0.0679. The third-order valence-electron chi connectivity index (χ3n) is 4.28. The number of benzene rings is 2. The van der Waals surface area contributed by atoms with Gasteiger partial charge in [0.25, 0.3) is 5.91 Å². The van der Waals surface area contributed by atoms with E-state index in [4.69, 9.17) is 11.6 Å². The zero-order valence-electron chi connectivity index (χ0n) is 13.4. The van der Waals surface area contributed by atoms with Crippen LogP contribution in [0.3, 0.4) is 0 Å². The molecule has 2 aromatic carbocycles. The van der Waals surface area contributed by atoms with E-state index in [9.17, 15) is 17.6 Å². The van der Waals surface area contributed by atoms with E-state index in [0.717, 1.165) is 0 Å². The molecule has 0 aromatic heterocycles. The summed E-state index contributed by atoms with van der Waals surface area (Å²) in [4.78, 5) is 14.4. The predicted octanol–water partition coefficient (Wildman–Crippen LogP) is 3.31. The number of carbonyl (C=O) groups excluding carboxylic acids is 1. The fourth-order valence-corrected chi connectivity index (χ4v) is 4.91. The minimum atomic E-state index is -3.18. The number of hydrogen-bond acceptors (Lipinski definition) is 3. The summed E-state index contributed by atoms with van der Waals surface area (Å²) in [5, 5.41) is 0.413. The molecule has 1 fully saturated rings. The highest BCUT2D eigenvalue weighted by Gasteiger charge is 2.35. The molecule has 1 heterocycles. The zero-order valence-corrected chi connectivity index (χ0v) is 14.9. The van der Waals surface area contributed by atoms with Crippen molar-refractivity contribution >= 4 is 27.3 Å². The van der Waals surface area contributed by atoms with Gasteiger partial charge in [-0.1, -0.05) is 35.9 Å². The summed E-state index contributed by atoms with van der Waals surface area (Å²) >= 11 is 5.96. The van der Waals surface area contributed by atoms with Crippen LogP contribution in [0, 0.1) is 5.82 Å². The molecule has 7 heteroatoms. The highest BCUT2D eigenvalue weighted by atomic mass is 35.5. The molecule has 0 radical (unpaired) electrons. The first kappa shape index (κ1) is 17.9. The Kier molecular flexibility index (Phi) is 5.11. The summed E-state index contributed by atoms with van der Waals surface area (Å²) in [6.45, 7) is 0.0121. The molecule has 0 spiro atoms. The molecule has 4 nitrogen and oxygen atoms in total. The van der Waals surface area contributed by atoms with Crippen LogP contribution < -0.4 is 0 Å². The van der Waals surface area contributed by atoms with Crippen LogP contribution in [0.2, 0.25) is 5.02 Å². The summed E-state index contributed by atoms with van der Waals surface area (Å²) in [7, 11) is -3.18. The molecule has 2 aromatic rings. The van der Waals surface area contributed by atoms with Gasteiger partial charge in [-0.2, -0.15) is 0 Å². The van der Waals surface area contributed by atoms with Crippen LogP contribution in [0.25, 0.3) is 0 Å². The van der Waals surface area contributed by atoms with Crippen molar-refractivity contribution < 1.29 is 17.6 Å². The van der Waals surface area contributed by atoms with Crippen molar-refractivity contribution in [1.82, 2.24) is 4.90 Å². The molecule has 1 aliphatic heterocycles. The SMILES string of the molecule is O=C(c1cccc(Cl)c1)N(Cc1ccccc1F)[C@@H]1CCS(=O)(=O)C1. The second-order valence-electron chi connectivity index (χ2n) is 6.09. The van der Waals surface area contributed by atoms with E-state index >= 15 is 0 Å². The fourth-order valence-electron chi connectivity index (χ4n) is 2.99. The quantitative estimate of drug-likeness (QED) is 0.816. The first-order valence-corrected chi connectivity index (χ1v) is 10.1. The Bertz CT molecular complexity index is 901.